The van der Waals surface area contributed by atoms with Crippen molar-refractivity contribution < 1.29 is 14.6 Å². The van der Waals surface area contributed by atoms with E-state index in [1.54, 1.807) is 13.0 Å². The Balaban J connectivity index is 2.97. The third-order valence-corrected chi connectivity index (χ3v) is 1.69. The fourth-order valence-electron chi connectivity index (χ4n) is 1.03. The number of hydrogen-bond acceptors (Lipinski definition) is 3. The van der Waals surface area contributed by atoms with Gasteiger partial charge in [-0.2, -0.15) is 0 Å². The molecule has 0 aliphatic carbocycles. The lowest BCUT2D eigenvalue weighted by Gasteiger charge is -2.07. The standard InChI is InChI=1S/C10H13NO3/c1-3-4-14-9-5-7(2)11-6-8(9)10(12)13/h5-6H,3-4H2,1-2H3,(H,12,13). The van der Waals surface area contributed by atoms with Gasteiger partial charge < -0.3 is 9.84 Å². The van der Waals surface area contributed by atoms with Gasteiger partial charge in [-0.05, 0) is 13.3 Å². The van der Waals surface area contributed by atoms with Crippen LogP contribution in [0.4, 0.5) is 0 Å². The highest BCUT2D eigenvalue weighted by Gasteiger charge is 2.11. The van der Waals surface area contributed by atoms with E-state index in [9.17, 15) is 4.79 Å². The first-order valence-corrected chi connectivity index (χ1v) is 4.48. The van der Waals surface area contributed by atoms with Crippen LogP contribution in [0.25, 0.3) is 0 Å². The highest BCUT2D eigenvalue weighted by atomic mass is 16.5. The molecule has 0 saturated carbocycles. The van der Waals surface area contributed by atoms with Crippen LogP contribution in [0.3, 0.4) is 0 Å². The number of carbonyl (C=O) groups is 1. The number of aryl methyl sites for hydroxylation is 1. The van der Waals surface area contributed by atoms with Crippen molar-refractivity contribution in [2.45, 2.75) is 20.3 Å². The van der Waals surface area contributed by atoms with Crippen molar-refractivity contribution in [2.75, 3.05) is 6.61 Å². The van der Waals surface area contributed by atoms with Gasteiger partial charge in [0, 0.05) is 18.0 Å². The number of pyridine rings is 1. The quantitative estimate of drug-likeness (QED) is 0.796. The number of carboxylic acid groups (broad SMARTS) is 1. The normalized spacial score (nSPS) is 9.86. The topological polar surface area (TPSA) is 59.4 Å². The van der Waals surface area contributed by atoms with Gasteiger partial charge in [-0.3, -0.25) is 4.98 Å². The van der Waals surface area contributed by atoms with E-state index in [-0.39, 0.29) is 5.56 Å². The van der Waals surface area contributed by atoms with Crippen LogP contribution in [0.2, 0.25) is 0 Å². The number of hydrogen-bond donors (Lipinski definition) is 1. The average molecular weight is 195 g/mol. The Morgan fingerprint density at radius 1 is 1.64 bits per heavy atom. The summed E-state index contributed by atoms with van der Waals surface area (Å²) in [4.78, 5) is 14.7. The fraction of sp³-hybridized carbons (Fsp3) is 0.400. The summed E-state index contributed by atoms with van der Waals surface area (Å²) in [5, 5.41) is 8.84. The number of rotatable bonds is 4. The van der Waals surface area contributed by atoms with Crippen LogP contribution in [-0.4, -0.2) is 22.7 Å². The summed E-state index contributed by atoms with van der Waals surface area (Å²) in [5.41, 5.74) is 0.866. The summed E-state index contributed by atoms with van der Waals surface area (Å²) in [7, 11) is 0. The van der Waals surface area contributed by atoms with E-state index >= 15 is 0 Å². The van der Waals surface area contributed by atoms with Crippen LogP contribution in [0.1, 0.15) is 29.4 Å². The predicted molar refractivity (Wildman–Crippen MR) is 51.7 cm³/mol. The summed E-state index contributed by atoms with van der Waals surface area (Å²) in [6.07, 6.45) is 2.17. The Kier molecular flexibility index (Phi) is 3.45. The summed E-state index contributed by atoms with van der Waals surface area (Å²) in [6, 6.07) is 1.64. The zero-order valence-corrected chi connectivity index (χ0v) is 8.28. The van der Waals surface area contributed by atoms with Crippen LogP contribution < -0.4 is 4.74 Å². The number of aromatic nitrogens is 1. The summed E-state index contributed by atoms with van der Waals surface area (Å²) in [6.45, 7) is 4.28. The molecule has 4 heteroatoms. The fourth-order valence-corrected chi connectivity index (χ4v) is 1.03. The molecule has 76 valence electrons. The molecule has 4 nitrogen and oxygen atoms in total. The van der Waals surface area contributed by atoms with Gasteiger partial charge in [0.15, 0.2) is 0 Å². The van der Waals surface area contributed by atoms with Gasteiger partial charge in [0.2, 0.25) is 0 Å². The summed E-state index contributed by atoms with van der Waals surface area (Å²) in [5.74, 6) is -0.615. The van der Waals surface area contributed by atoms with Gasteiger partial charge >= 0.3 is 5.97 Å². The second kappa shape index (κ2) is 4.60. The molecule has 1 rings (SSSR count). The monoisotopic (exact) mass is 195 g/mol. The Hall–Kier alpha value is -1.58. The minimum absolute atomic E-state index is 0.115. The average Bonchev–Trinajstić information content (AvgIpc) is 2.14. The minimum Gasteiger partial charge on any atom is -0.493 e. The molecule has 0 bridgehead atoms. The smallest absolute Gasteiger partial charge is 0.341 e. The lowest BCUT2D eigenvalue weighted by Crippen LogP contribution is -2.05. The molecule has 0 aromatic carbocycles. The highest BCUT2D eigenvalue weighted by Crippen LogP contribution is 2.18. The molecule has 0 fully saturated rings. The van der Waals surface area contributed by atoms with Crippen molar-refractivity contribution in [3.05, 3.63) is 23.5 Å². The van der Waals surface area contributed by atoms with Gasteiger partial charge in [-0.1, -0.05) is 6.92 Å². The zero-order chi connectivity index (χ0) is 10.6. The van der Waals surface area contributed by atoms with E-state index in [0.717, 1.165) is 12.1 Å². The van der Waals surface area contributed by atoms with E-state index < -0.39 is 5.97 Å². The lowest BCUT2D eigenvalue weighted by atomic mass is 10.2. The van der Waals surface area contributed by atoms with Crippen LogP contribution in [0, 0.1) is 6.92 Å². The first-order valence-electron chi connectivity index (χ1n) is 4.48. The van der Waals surface area contributed by atoms with E-state index in [2.05, 4.69) is 4.98 Å². The molecule has 0 amide bonds. The maximum atomic E-state index is 10.8. The second-order valence-electron chi connectivity index (χ2n) is 2.98. The van der Waals surface area contributed by atoms with Gasteiger partial charge in [-0.15, -0.1) is 0 Å². The summed E-state index contributed by atoms with van der Waals surface area (Å²) < 4.78 is 5.31. The van der Waals surface area contributed by atoms with Crippen molar-refractivity contribution in [2.24, 2.45) is 0 Å². The maximum absolute atomic E-state index is 10.8. The van der Waals surface area contributed by atoms with Crippen molar-refractivity contribution >= 4 is 5.97 Å². The Labute approximate surface area is 82.5 Å². The minimum atomic E-state index is -1.01. The van der Waals surface area contributed by atoms with Crippen molar-refractivity contribution in [1.29, 1.82) is 0 Å². The van der Waals surface area contributed by atoms with Gasteiger partial charge in [0.25, 0.3) is 0 Å². The van der Waals surface area contributed by atoms with Crippen LogP contribution >= 0.6 is 0 Å². The molecule has 0 saturated heterocycles. The maximum Gasteiger partial charge on any atom is 0.341 e. The molecule has 1 N–H and O–H groups in total. The third kappa shape index (κ3) is 2.45. The molecule has 0 aliphatic heterocycles. The number of nitrogens with zero attached hydrogens (tertiary/aromatic N) is 1. The molecule has 1 heterocycles. The molecule has 0 atom stereocenters. The van der Waals surface area contributed by atoms with Crippen molar-refractivity contribution in [3.8, 4) is 5.75 Å². The molecule has 14 heavy (non-hydrogen) atoms. The molecule has 0 radical (unpaired) electrons. The second-order valence-corrected chi connectivity index (χ2v) is 2.98. The predicted octanol–water partition coefficient (Wildman–Crippen LogP) is 1.88. The van der Waals surface area contributed by atoms with Crippen LogP contribution in [0.5, 0.6) is 5.75 Å². The number of ether oxygens (including phenoxy) is 1. The molecule has 0 spiro atoms. The lowest BCUT2D eigenvalue weighted by molar-refractivity contribution is 0.0691. The van der Waals surface area contributed by atoms with Gasteiger partial charge in [0.1, 0.15) is 11.3 Å². The van der Waals surface area contributed by atoms with E-state index in [0.29, 0.717) is 12.4 Å². The highest BCUT2D eigenvalue weighted by molar-refractivity contribution is 5.90. The van der Waals surface area contributed by atoms with Crippen molar-refractivity contribution in [1.82, 2.24) is 4.98 Å². The van der Waals surface area contributed by atoms with E-state index in [1.807, 2.05) is 6.92 Å². The molecule has 0 unspecified atom stereocenters. The molecular weight excluding hydrogens is 182 g/mol. The van der Waals surface area contributed by atoms with Crippen LogP contribution in [0.15, 0.2) is 12.3 Å². The largest absolute Gasteiger partial charge is 0.493 e. The molecule has 1 aromatic heterocycles. The van der Waals surface area contributed by atoms with E-state index in [1.165, 1.54) is 6.20 Å². The number of aromatic carboxylic acids is 1. The molecular formula is C10H13NO3. The number of carboxylic acids is 1. The van der Waals surface area contributed by atoms with Crippen molar-refractivity contribution in [3.63, 3.8) is 0 Å². The SMILES string of the molecule is CCCOc1cc(C)ncc1C(=O)O. The molecule has 0 aliphatic rings. The Morgan fingerprint density at radius 3 is 2.93 bits per heavy atom. The Bertz CT molecular complexity index is 336. The summed E-state index contributed by atoms with van der Waals surface area (Å²) >= 11 is 0. The van der Waals surface area contributed by atoms with E-state index in [4.69, 9.17) is 9.84 Å². The third-order valence-electron chi connectivity index (χ3n) is 1.69. The molecule has 1 aromatic rings. The van der Waals surface area contributed by atoms with Gasteiger partial charge in [-0.25, -0.2) is 4.79 Å². The van der Waals surface area contributed by atoms with Gasteiger partial charge in [0.05, 0.1) is 6.61 Å². The zero-order valence-electron chi connectivity index (χ0n) is 8.28. The first kappa shape index (κ1) is 10.5. The first-order chi connectivity index (χ1) is 6.65. The van der Waals surface area contributed by atoms with Crippen LogP contribution in [-0.2, 0) is 0 Å². The Morgan fingerprint density at radius 2 is 2.36 bits per heavy atom.